The largest absolute Gasteiger partial charge is 0.382 e. The van der Waals surface area contributed by atoms with E-state index in [1.165, 1.54) is 34.1 Å². The Morgan fingerprint density at radius 1 is 1.08 bits per heavy atom. The number of piperidine rings is 1. The summed E-state index contributed by atoms with van der Waals surface area (Å²) in [4.78, 5) is 23.5. The Morgan fingerprint density at radius 3 is 2.47 bits per heavy atom. The van der Waals surface area contributed by atoms with Crippen LogP contribution < -0.4 is 10.6 Å². The number of anilines is 1. The predicted octanol–water partition coefficient (Wildman–Crippen LogP) is 5.15. The molecule has 0 unspecified atom stereocenters. The lowest BCUT2D eigenvalue weighted by molar-refractivity contribution is -0.384. The zero-order chi connectivity index (χ0) is 27.5. The molecule has 38 heavy (non-hydrogen) atoms. The van der Waals surface area contributed by atoms with E-state index in [0.717, 1.165) is 17.0 Å². The van der Waals surface area contributed by atoms with Crippen molar-refractivity contribution in [3.63, 3.8) is 0 Å². The second-order valence-corrected chi connectivity index (χ2v) is 13.7. The van der Waals surface area contributed by atoms with Gasteiger partial charge in [0.1, 0.15) is 4.21 Å². The van der Waals surface area contributed by atoms with E-state index < -0.39 is 20.9 Å². The topological polar surface area (TPSA) is 122 Å². The zero-order valence-corrected chi connectivity index (χ0v) is 23.3. The molecule has 0 bridgehead atoms. The van der Waals surface area contributed by atoms with E-state index in [1.807, 2.05) is 12.1 Å². The van der Waals surface area contributed by atoms with Crippen LogP contribution in [-0.4, -0.2) is 42.7 Å². The number of carbonyl (C=O) groups is 1. The Bertz CT molecular complexity index is 1420. The maximum atomic E-state index is 13.2. The highest BCUT2D eigenvalue weighted by molar-refractivity contribution is 7.91. The van der Waals surface area contributed by atoms with Crippen LogP contribution in [0.15, 0.2) is 64.9 Å². The van der Waals surface area contributed by atoms with Crippen LogP contribution >= 0.6 is 11.3 Å². The molecule has 4 rings (SSSR count). The molecule has 11 heteroatoms. The number of nitrogens with one attached hydrogen (secondary N) is 2. The number of amides is 1. The number of thiophene rings is 1. The predicted molar refractivity (Wildman–Crippen MR) is 149 cm³/mol. The number of benzene rings is 2. The van der Waals surface area contributed by atoms with Gasteiger partial charge >= 0.3 is 0 Å². The summed E-state index contributed by atoms with van der Waals surface area (Å²) in [7, 11) is -3.63. The van der Waals surface area contributed by atoms with Gasteiger partial charge in [0, 0.05) is 47.4 Å². The SMILES string of the molecule is CC(C)(C)c1cccc(NC2CCN(S(=O)(=O)c3ccc(CNC(=O)c4cccc([N+](=O)[O-])c4)s3)CC2)c1. The first-order chi connectivity index (χ1) is 17.9. The molecule has 0 atom stereocenters. The third-order valence-electron chi connectivity index (χ3n) is 6.53. The Labute approximate surface area is 227 Å². The lowest BCUT2D eigenvalue weighted by atomic mass is 9.87. The van der Waals surface area contributed by atoms with Gasteiger partial charge in [0.2, 0.25) is 0 Å². The molecule has 2 N–H and O–H groups in total. The highest BCUT2D eigenvalue weighted by Gasteiger charge is 2.30. The van der Waals surface area contributed by atoms with Crippen LogP contribution in [0.5, 0.6) is 0 Å². The van der Waals surface area contributed by atoms with E-state index in [1.54, 1.807) is 12.1 Å². The van der Waals surface area contributed by atoms with E-state index in [-0.39, 0.29) is 33.5 Å². The molecule has 1 fully saturated rings. The molecule has 1 aliphatic rings. The fraction of sp³-hybridized carbons (Fsp3) is 0.370. The van der Waals surface area contributed by atoms with Crippen molar-refractivity contribution in [1.82, 2.24) is 9.62 Å². The Hall–Kier alpha value is -3.28. The third kappa shape index (κ3) is 6.58. The smallest absolute Gasteiger partial charge is 0.270 e. The number of nitrogens with zero attached hydrogens (tertiary/aromatic N) is 2. The molecule has 0 spiro atoms. The normalized spacial score (nSPS) is 15.2. The lowest BCUT2D eigenvalue weighted by Gasteiger charge is -2.32. The lowest BCUT2D eigenvalue weighted by Crippen LogP contribution is -2.42. The first kappa shape index (κ1) is 27.7. The first-order valence-corrected chi connectivity index (χ1v) is 14.7. The van der Waals surface area contributed by atoms with Gasteiger partial charge in [-0.1, -0.05) is 39.0 Å². The van der Waals surface area contributed by atoms with Crippen LogP contribution in [0.2, 0.25) is 0 Å². The maximum Gasteiger partial charge on any atom is 0.270 e. The number of carbonyl (C=O) groups excluding carboxylic acids is 1. The zero-order valence-electron chi connectivity index (χ0n) is 21.6. The average molecular weight is 557 g/mol. The van der Waals surface area contributed by atoms with Crippen molar-refractivity contribution in [3.05, 3.63) is 86.8 Å². The number of nitro groups is 1. The molecule has 1 amide bonds. The first-order valence-electron chi connectivity index (χ1n) is 12.4. The number of hydrogen-bond acceptors (Lipinski definition) is 7. The van der Waals surface area contributed by atoms with Gasteiger partial charge in [-0.3, -0.25) is 14.9 Å². The second-order valence-electron chi connectivity index (χ2n) is 10.4. The molecule has 0 saturated carbocycles. The van der Waals surface area contributed by atoms with Crippen molar-refractivity contribution < 1.29 is 18.1 Å². The summed E-state index contributed by atoms with van der Waals surface area (Å²) in [6, 6.07) is 17.3. The summed E-state index contributed by atoms with van der Waals surface area (Å²) in [5, 5.41) is 17.2. The Balaban J connectivity index is 1.32. The standard InChI is InChI=1S/C27H32N4O5S2/c1-27(2,3)20-7-5-8-22(17-20)29-21-12-14-30(15-13-21)38(35,36)25-11-10-24(37-25)18-28-26(32)19-6-4-9-23(16-19)31(33)34/h4-11,16-17,21,29H,12-15,18H2,1-3H3,(H,28,32). The van der Waals surface area contributed by atoms with Crippen LogP contribution in [0.4, 0.5) is 11.4 Å². The highest BCUT2D eigenvalue weighted by Crippen LogP contribution is 2.29. The van der Waals surface area contributed by atoms with Gasteiger partial charge in [0.25, 0.3) is 21.6 Å². The monoisotopic (exact) mass is 556 g/mol. The average Bonchev–Trinajstić information content (AvgIpc) is 3.37. The van der Waals surface area contributed by atoms with E-state index in [9.17, 15) is 23.3 Å². The van der Waals surface area contributed by atoms with E-state index in [4.69, 9.17) is 0 Å². The molecule has 202 valence electrons. The summed E-state index contributed by atoms with van der Waals surface area (Å²) >= 11 is 1.12. The minimum Gasteiger partial charge on any atom is -0.382 e. The Morgan fingerprint density at radius 2 is 1.79 bits per heavy atom. The molecule has 3 aromatic rings. The maximum absolute atomic E-state index is 13.2. The molecule has 1 saturated heterocycles. The number of rotatable bonds is 8. The van der Waals surface area contributed by atoms with Gasteiger partial charge in [-0.25, -0.2) is 8.42 Å². The number of hydrogen-bond donors (Lipinski definition) is 2. The van der Waals surface area contributed by atoms with Gasteiger partial charge in [-0.15, -0.1) is 11.3 Å². The van der Waals surface area contributed by atoms with Crippen LogP contribution in [0.25, 0.3) is 0 Å². The number of nitro benzene ring substituents is 1. The van der Waals surface area contributed by atoms with Gasteiger partial charge in [0.05, 0.1) is 11.5 Å². The van der Waals surface area contributed by atoms with Crippen LogP contribution in [0.1, 0.15) is 54.4 Å². The minimum atomic E-state index is -3.63. The molecule has 0 radical (unpaired) electrons. The third-order valence-corrected chi connectivity index (χ3v) is 9.98. The fourth-order valence-electron chi connectivity index (χ4n) is 4.30. The molecular weight excluding hydrogens is 524 g/mol. The molecule has 1 aromatic heterocycles. The van der Waals surface area contributed by atoms with Crippen molar-refractivity contribution in [2.24, 2.45) is 0 Å². The summed E-state index contributed by atoms with van der Waals surface area (Å²) in [5.41, 5.74) is 2.36. The summed E-state index contributed by atoms with van der Waals surface area (Å²) in [5.74, 6) is -0.464. The fourth-order valence-corrected chi connectivity index (χ4v) is 7.22. The van der Waals surface area contributed by atoms with E-state index in [0.29, 0.717) is 30.8 Å². The molecule has 9 nitrogen and oxygen atoms in total. The Kier molecular flexibility index (Phi) is 8.19. The summed E-state index contributed by atoms with van der Waals surface area (Å²) in [6.45, 7) is 7.51. The van der Waals surface area contributed by atoms with Crippen molar-refractivity contribution in [2.75, 3.05) is 18.4 Å². The number of non-ortho nitro benzene ring substituents is 1. The molecule has 1 aliphatic heterocycles. The van der Waals surface area contributed by atoms with Gasteiger partial charge < -0.3 is 10.6 Å². The van der Waals surface area contributed by atoms with Gasteiger partial charge in [-0.2, -0.15) is 4.31 Å². The van der Waals surface area contributed by atoms with Crippen molar-refractivity contribution in [3.8, 4) is 0 Å². The van der Waals surface area contributed by atoms with Crippen LogP contribution in [-0.2, 0) is 22.0 Å². The van der Waals surface area contributed by atoms with Crippen LogP contribution in [0, 0.1) is 10.1 Å². The molecule has 0 aliphatic carbocycles. The highest BCUT2D eigenvalue weighted by atomic mass is 32.2. The van der Waals surface area contributed by atoms with E-state index >= 15 is 0 Å². The van der Waals surface area contributed by atoms with Crippen molar-refractivity contribution >= 4 is 38.6 Å². The minimum absolute atomic E-state index is 0.0554. The van der Waals surface area contributed by atoms with Crippen LogP contribution in [0.3, 0.4) is 0 Å². The van der Waals surface area contributed by atoms with E-state index in [2.05, 4.69) is 43.5 Å². The van der Waals surface area contributed by atoms with Gasteiger partial charge in [0.15, 0.2) is 0 Å². The second kappa shape index (κ2) is 11.2. The van der Waals surface area contributed by atoms with Crippen molar-refractivity contribution in [1.29, 1.82) is 0 Å². The van der Waals surface area contributed by atoms with Crippen molar-refractivity contribution in [2.45, 2.75) is 55.8 Å². The van der Waals surface area contributed by atoms with Gasteiger partial charge in [-0.05, 0) is 54.2 Å². The summed E-state index contributed by atoms with van der Waals surface area (Å²) < 4.78 is 28.3. The summed E-state index contributed by atoms with van der Waals surface area (Å²) in [6.07, 6.45) is 1.41. The number of sulfonamides is 1. The molecule has 2 heterocycles. The molecular formula is C27H32N4O5S2. The molecule has 2 aromatic carbocycles. The quantitative estimate of drug-likeness (QED) is 0.292.